The second kappa shape index (κ2) is 6.10. The summed E-state index contributed by atoms with van der Waals surface area (Å²) in [5.74, 6) is -0.0987. The smallest absolute Gasteiger partial charge is 0.326 e. The first-order valence-corrected chi connectivity index (χ1v) is 8.09. The third-order valence-electron chi connectivity index (χ3n) is 4.81. The Hall–Kier alpha value is -1.85. The van der Waals surface area contributed by atoms with E-state index < -0.39 is 12.0 Å². The van der Waals surface area contributed by atoms with E-state index in [1.165, 1.54) is 4.90 Å². The molecule has 2 aliphatic rings. The standard InChI is InChI=1S/C16H22N2O4/c1-10-7-8-18(12(9-10)16(20)21)15(19)14-11-5-3-2-4-6-13(11)22-17-14/h10,12H,2-9H2,1H3,(H,20,21). The van der Waals surface area contributed by atoms with Crippen LogP contribution in [-0.4, -0.2) is 39.6 Å². The van der Waals surface area contributed by atoms with Gasteiger partial charge in [-0.25, -0.2) is 4.79 Å². The van der Waals surface area contributed by atoms with Gasteiger partial charge in [0.2, 0.25) is 0 Å². The van der Waals surface area contributed by atoms with Gasteiger partial charge in [-0.1, -0.05) is 18.5 Å². The first-order chi connectivity index (χ1) is 10.6. The predicted octanol–water partition coefficient (Wildman–Crippen LogP) is 2.27. The number of hydrogen-bond acceptors (Lipinski definition) is 4. The Balaban J connectivity index is 1.87. The lowest BCUT2D eigenvalue weighted by molar-refractivity contribution is -0.144. The first-order valence-electron chi connectivity index (χ1n) is 8.09. The van der Waals surface area contributed by atoms with Gasteiger partial charge in [0.25, 0.3) is 5.91 Å². The summed E-state index contributed by atoms with van der Waals surface area (Å²) in [4.78, 5) is 25.8. The lowest BCUT2D eigenvalue weighted by Crippen LogP contribution is -2.50. The molecule has 2 atom stereocenters. The van der Waals surface area contributed by atoms with Crippen LogP contribution in [0.5, 0.6) is 0 Å². The summed E-state index contributed by atoms with van der Waals surface area (Å²) in [5, 5.41) is 13.4. The number of aliphatic carboxylic acids is 1. The van der Waals surface area contributed by atoms with Crippen LogP contribution in [0.1, 0.15) is 60.8 Å². The first kappa shape index (κ1) is 15.1. The number of carboxylic acids is 1. The van der Waals surface area contributed by atoms with Crippen LogP contribution in [0, 0.1) is 5.92 Å². The van der Waals surface area contributed by atoms with Crippen LogP contribution >= 0.6 is 0 Å². The largest absolute Gasteiger partial charge is 0.480 e. The molecule has 6 heteroatoms. The zero-order valence-corrected chi connectivity index (χ0v) is 12.9. The van der Waals surface area contributed by atoms with E-state index in [2.05, 4.69) is 5.16 Å². The number of piperidine rings is 1. The number of fused-ring (bicyclic) bond motifs is 1. The topological polar surface area (TPSA) is 83.6 Å². The summed E-state index contributed by atoms with van der Waals surface area (Å²) in [6, 6.07) is -0.755. The molecule has 1 aromatic heterocycles. The van der Waals surface area contributed by atoms with Crippen LogP contribution in [0.4, 0.5) is 0 Å². The van der Waals surface area contributed by atoms with Gasteiger partial charge in [0, 0.05) is 18.5 Å². The highest BCUT2D eigenvalue weighted by Gasteiger charge is 2.37. The molecule has 1 aliphatic heterocycles. The van der Waals surface area contributed by atoms with Crippen LogP contribution in [-0.2, 0) is 17.6 Å². The average molecular weight is 306 g/mol. The third kappa shape index (κ3) is 2.74. The molecular weight excluding hydrogens is 284 g/mol. The maximum Gasteiger partial charge on any atom is 0.326 e. The Morgan fingerprint density at radius 1 is 1.27 bits per heavy atom. The van der Waals surface area contributed by atoms with E-state index in [-0.39, 0.29) is 5.91 Å². The number of hydrogen-bond donors (Lipinski definition) is 1. The quantitative estimate of drug-likeness (QED) is 0.847. The molecule has 0 spiro atoms. The van der Waals surface area contributed by atoms with Crippen molar-refractivity contribution >= 4 is 11.9 Å². The van der Waals surface area contributed by atoms with Gasteiger partial charge in [0.15, 0.2) is 5.69 Å². The van der Waals surface area contributed by atoms with Crippen molar-refractivity contribution in [1.82, 2.24) is 10.1 Å². The average Bonchev–Trinajstić information content (AvgIpc) is 2.75. The van der Waals surface area contributed by atoms with Crippen molar-refractivity contribution < 1.29 is 19.2 Å². The molecule has 22 heavy (non-hydrogen) atoms. The second-order valence-corrected chi connectivity index (χ2v) is 6.48. The predicted molar refractivity (Wildman–Crippen MR) is 78.6 cm³/mol. The van der Waals surface area contributed by atoms with Crippen LogP contribution < -0.4 is 0 Å². The van der Waals surface area contributed by atoms with E-state index in [4.69, 9.17) is 4.52 Å². The lowest BCUT2D eigenvalue weighted by atomic mass is 9.92. The molecule has 0 radical (unpaired) electrons. The van der Waals surface area contributed by atoms with E-state index in [1.54, 1.807) is 0 Å². The van der Waals surface area contributed by atoms with Crippen molar-refractivity contribution in [1.29, 1.82) is 0 Å². The monoisotopic (exact) mass is 306 g/mol. The third-order valence-corrected chi connectivity index (χ3v) is 4.81. The molecule has 1 aliphatic carbocycles. The van der Waals surface area contributed by atoms with Gasteiger partial charge in [-0.05, 0) is 38.0 Å². The number of amides is 1. The zero-order chi connectivity index (χ0) is 15.7. The summed E-state index contributed by atoms with van der Waals surface area (Å²) >= 11 is 0. The van der Waals surface area contributed by atoms with E-state index in [0.29, 0.717) is 24.6 Å². The Morgan fingerprint density at radius 2 is 2.05 bits per heavy atom. The number of likely N-dealkylation sites (tertiary alicyclic amines) is 1. The molecule has 1 fully saturated rings. The lowest BCUT2D eigenvalue weighted by Gasteiger charge is -2.35. The summed E-state index contributed by atoms with van der Waals surface area (Å²) in [6.45, 7) is 2.50. The molecule has 6 nitrogen and oxygen atoms in total. The number of aryl methyl sites for hydroxylation is 1. The van der Waals surface area contributed by atoms with Crippen molar-refractivity contribution in [2.24, 2.45) is 5.92 Å². The van der Waals surface area contributed by atoms with Crippen LogP contribution in [0.3, 0.4) is 0 Å². The van der Waals surface area contributed by atoms with Gasteiger partial charge in [0.05, 0.1) is 0 Å². The molecule has 0 saturated carbocycles. The molecule has 0 aromatic carbocycles. The van der Waals surface area contributed by atoms with Gasteiger partial charge in [-0.2, -0.15) is 0 Å². The van der Waals surface area contributed by atoms with E-state index in [1.807, 2.05) is 6.92 Å². The molecule has 1 amide bonds. The Kier molecular flexibility index (Phi) is 4.18. The summed E-state index contributed by atoms with van der Waals surface area (Å²) in [5.41, 5.74) is 1.22. The molecule has 2 heterocycles. The van der Waals surface area contributed by atoms with Crippen molar-refractivity contribution in [3.05, 3.63) is 17.0 Å². The molecule has 1 saturated heterocycles. The highest BCUT2D eigenvalue weighted by molar-refractivity contribution is 5.96. The maximum atomic E-state index is 12.8. The SMILES string of the molecule is CC1CCN(C(=O)c2noc3c2CCCCC3)C(C(=O)O)C1. The fourth-order valence-electron chi connectivity index (χ4n) is 3.48. The molecule has 3 rings (SSSR count). The Bertz CT molecular complexity index is 581. The van der Waals surface area contributed by atoms with Gasteiger partial charge in [-0.3, -0.25) is 4.79 Å². The second-order valence-electron chi connectivity index (χ2n) is 6.48. The van der Waals surface area contributed by atoms with Gasteiger partial charge in [0.1, 0.15) is 11.8 Å². The number of rotatable bonds is 2. The molecule has 2 unspecified atom stereocenters. The van der Waals surface area contributed by atoms with Crippen molar-refractivity contribution in [3.8, 4) is 0 Å². The van der Waals surface area contributed by atoms with Crippen molar-refractivity contribution in [2.45, 2.75) is 57.9 Å². The minimum absolute atomic E-state index is 0.286. The van der Waals surface area contributed by atoms with E-state index in [0.717, 1.165) is 49.8 Å². The van der Waals surface area contributed by atoms with Crippen molar-refractivity contribution in [2.75, 3.05) is 6.54 Å². The number of carbonyl (C=O) groups excluding carboxylic acids is 1. The minimum Gasteiger partial charge on any atom is -0.480 e. The number of carboxylic acid groups (broad SMARTS) is 1. The number of nitrogens with zero attached hydrogens (tertiary/aromatic N) is 2. The normalized spacial score (nSPS) is 25.4. The zero-order valence-electron chi connectivity index (χ0n) is 12.9. The Morgan fingerprint density at radius 3 is 2.82 bits per heavy atom. The number of aromatic nitrogens is 1. The van der Waals surface area contributed by atoms with Crippen LogP contribution in [0.25, 0.3) is 0 Å². The fraction of sp³-hybridized carbons (Fsp3) is 0.688. The maximum absolute atomic E-state index is 12.8. The van der Waals surface area contributed by atoms with Crippen molar-refractivity contribution in [3.63, 3.8) is 0 Å². The molecule has 1 N–H and O–H groups in total. The number of carbonyl (C=O) groups is 2. The fourth-order valence-corrected chi connectivity index (χ4v) is 3.48. The van der Waals surface area contributed by atoms with Crippen LogP contribution in [0.2, 0.25) is 0 Å². The van der Waals surface area contributed by atoms with E-state index in [9.17, 15) is 14.7 Å². The molecular formula is C16H22N2O4. The van der Waals surface area contributed by atoms with Crippen LogP contribution in [0.15, 0.2) is 4.52 Å². The van der Waals surface area contributed by atoms with Gasteiger partial charge < -0.3 is 14.5 Å². The summed E-state index contributed by atoms with van der Waals surface area (Å²) in [7, 11) is 0. The highest BCUT2D eigenvalue weighted by atomic mass is 16.5. The molecule has 120 valence electrons. The van der Waals surface area contributed by atoms with Gasteiger partial charge >= 0.3 is 5.97 Å². The summed E-state index contributed by atoms with van der Waals surface area (Å²) in [6.07, 6.45) is 6.13. The molecule has 1 aromatic rings. The highest BCUT2D eigenvalue weighted by Crippen LogP contribution is 2.28. The minimum atomic E-state index is -0.936. The van der Waals surface area contributed by atoms with Gasteiger partial charge in [-0.15, -0.1) is 0 Å². The molecule has 0 bridgehead atoms. The summed E-state index contributed by atoms with van der Waals surface area (Å²) < 4.78 is 5.35. The Labute approximate surface area is 129 Å². The van der Waals surface area contributed by atoms with E-state index >= 15 is 0 Å².